The molecule has 374 valence electrons. The predicted octanol–water partition coefficient (Wildman–Crippen LogP) is 18.4. The van der Waals surface area contributed by atoms with E-state index in [1.54, 1.807) is 5.19 Å². The minimum atomic E-state index is -1.86. The maximum atomic E-state index is 3.02. The lowest BCUT2D eigenvalue weighted by molar-refractivity contribution is 0.800. The first-order valence-corrected chi connectivity index (χ1v) is 32.9. The van der Waals surface area contributed by atoms with Crippen LogP contribution in [-0.2, 0) is 12.8 Å². The van der Waals surface area contributed by atoms with Crippen LogP contribution >= 0.6 is 16.1 Å². The van der Waals surface area contributed by atoms with Gasteiger partial charge in [-0.05, 0) is 68.5 Å². The van der Waals surface area contributed by atoms with E-state index in [0.29, 0.717) is 0 Å². The minimum Gasteiger partial charge on any atom is -0.312 e. The fraction of sp³-hybridized carbons (Fsp3) is 0.229. The fourth-order valence-electron chi connectivity index (χ4n) is 10.9. The SMILES string of the molecule is CCCC[Si](CCCC)(CCCC)c1cc(CC)c(N(P(c2ccc(-c3ccccc3)cc2)c2ccc(-c3ccccc3)cc2)P(c2ccc(-c3ccccc3)cc2)c2ccc(-c3ccccc3)cc2)c(CC)c1. The van der Waals surface area contributed by atoms with Gasteiger partial charge in [-0.2, -0.15) is 0 Å². The third-order valence-corrected chi connectivity index (χ3v) is 25.9. The van der Waals surface area contributed by atoms with E-state index in [-0.39, 0.29) is 0 Å². The third-order valence-electron chi connectivity index (χ3n) is 15.1. The van der Waals surface area contributed by atoms with Crippen molar-refractivity contribution in [3.63, 3.8) is 0 Å². The molecule has 0 atom stereocenters. The second-order valence-corrected chi connectivity index (χ2v) is 29.1. The Bertz CT molecular complexity index is 2720. The summed E-state index contributed by atoms with van der Waals surface area (Å²) in [4.78, 5) is 0. The Morgan fingerprint density at radius 1 is 0.311 bits per heavy atom. The van der Waals surface area contributed by atoms with E-state index in [4.69, 9.17) is 0 Å². The van der Waals surface area contributed by atoms with Gasteiger partial charge in [0.25, 0.3) is 0 Å². The lowest BCUT2D eigenvalue weighted by Crippen LogP contribution is -2.48. The number of hydrogen-bond donors (Lipinski definition) is 0. The average Bonchev–Trinajstić information content (AvgIpc) is 3.48. The highest BCUT2D eigenvalue weighted by Crippen LogP contribution is 2.59. The molecule has 0 amide bonds. The summed E-state index contributed by atoms with van der Waals surface area (Å²) in [7, 11) is -4.22. The Balaban J connectivity index is 1.35. The van der Waals surface area contributed by atoms with Crippen molar-refractivity contribution in [3.05, 3.63) is 242 Å². The van der Waals surface area contributed by atoms with Crippen LogP contribution in [0.5, 0.6) is 0 Å². The maximum Gasteiger partial charge on any atom is 0.0867 e. The van der Waals surface area contributed by atoms with Crippen molar-refractivity contribution in [3.8, 4) is 44.5 Å². The van der Waals surface area contributed by atoms with Crippen LogP contribution in [0.4, 0.5) is 5.69 Å². The molecule has 0 unspecified atom stereocenters. The molecule has 0 spiro atoms. The van der Waals surface area contributed by atoms with Crippen LogP contribution in [0.1, 0.15) is 84.3 Å². The molecular weight excluding hydrogens is 945 g/mol. The monoisotopic (exact) mass is 1020 g/mol. The second kappa shape index (κ2) is 25.9. The Morgan fingerprint density at radius 2 is 0.554 bits per heavy atom. The maximum absolute atomic E-state index is 3.02. The summed E-state index contributed by atoms with van der Waals surface area (Å²) in [6, 6.07) is 91.9. The smallest absolute Gasteiger partial charge is 0.0867 e. The number of nitrogens with zero attached hydrogens (tertiary/aromatic N) is 1. The fourth-order valence-corrected chi connectivity index (χ4v) is 22.7. The molecule has 1 nitrogen and oxygen atoms in total. The van der Waals surface area contributed by atoms with Crippen molar-refractivity contribution < 1.29 is 0 Å². The Labute approximate surface area is 448 Å². The molecular formula is C70H75NP2Si. The van der Waals surface area contributed by atoms with E-state index in [2.05, 4.69) is 270 Å². The largest absolute Gasteiger partial charge is 0.312 e. The van der Waals surface area contributed by atoms with Crippen molar-refractivity contribution in [2.24, 2.45) is 0 Å². The molecule has 0 saturated heterocycles. The summed E-state index contributed by atoms with van der Waals surface area (Å²) in [5.74, 6) is 0. The molecule has 0 aliphatic carbocycles. The van der Waals surface area contributed by atoms with Crippen molar-refractivity contribution in [1.29, 1.82) is 0 Å². The number of unbranched alkanes of at least 4 members (excludes halogenated alkanes) is 3. The first-order chi connectivity index (χ1) is 36.5. The van der Waals surface area contributed by atoms with E-state index < -0.39 is 24.2 Å². The quantitative estimate of drug-likeness (QED) is 0.0456. The Kier molecular flexibility index (Phi) is 18.4. The van der Waals surface area contributed by atoms with Gasteiger partial charge in [0.2, 0.25) is 0 Å². The number of aryl methyl sites for hydroxylation is 2. The van der Waals surface area contributed by atoms with Gasteiger partial charge < -0.3 is 4.44 Å². The standard InChI is InChI=1S/C70H75NP2Si/c1-6-11-50-74(51-12-7-2,52-13-8-3)69-53-55(9-4)70(56(10-5)54-69)71(72(65-42-34-61(35-43-65)57-26-18-14-19-27-57)66-44-36-62(37-45-66)58-28-20-15-21-29-58)73(67-46-38-63(39-47-67)59-30-22-16-23-31-59)68-48-40-64(41-49-68)60-32-24-17-25-33-60/h14-49,53-54H,6-13,50-52H2,1-5H3. The van der Waals surface area contributed by atoms with Gasteiger partial charge in [-0.1, -0.05) is 327 Å². The summed E-state index contributed by atoms with van der Waals surface area (Å²) in [5.41, 5.74) is 14.4. The molecule has 4 heteroatoms. The summed E-state index contributed by atoms with van der Waals surface area (Å²) in [6.07, 6.45) is 9.68. The van der Waals surface area contributed by atoms with Gasteiger partial charge in [0.05, 0.1) is 29.9 Å². The van der Waals surface area contributed by atoms with E-state index in [9.17, 15) is 0 Å². The van der Waals surface area contributed by atoms with Crippen molar-refractivity contribution >= 4 is 56.3 Å². The molecule has 0 fully saturated rings. The number of benzene rings is 9. The summed E-state index contributed by atoms with van der Waals surface area (Å²) in [6.45, 7) is 12.1. The van der Waals surface area contributed by atoms with Gasteiger partial charge in [0.1, 0.15) is 0 Å². The van der Waals surface area contributed by atoms with Gasteiger partial charge in [-0.15, -0.1) is 0 Å². The molecule has 0 bridgehead atoms. The van der Waals surface area contributed by atoms with Crippen LogP contribution in [0.25, 0.3) is 44.5 Å². The first kappa shape index (κ1) is 52.7. The van der Waals surface area contributed by atoms with Crippen LogP contribution in [0.2, 0.25) is 18.1 Å². The van der Waals surface area contributed by atoms with Gasteiger partial charge in [-0.25, -0.2) is 0 Å². The molecule has 0 N–H and O–H groups in total. The second-order valence-electron chi connectivity index (χ2n) is 20.0. The summed E-state index contributed by atoms with van der Waals surface area (Å²) in [5, 5.41) is 7.14. The van der Waals surface area contributed by atoms with Crippen LogP contribution in [0.15, 0.2) is 231 Å². The highest BCUT2D eigenvalue weighted by molar-refractivity contribution is 7.90. The highest BCUT2D eigenvalue weighted by atomic mass is 31.2. The molecule has 0 heterocycles. The predicted molar refractivity (Wildman–Crippen MR) is 332 cm³/mol. The van der Waals surface area contributed by atoms with Gasteiger partial charge in [0, 0.05) is 21.2 Å². The molecule has 0 saturated carbocycles. The van der Waals surface area contributed by atoms with Crippen molar-refractivity contribution in [2.45, 2.75) is 104 Å². The minimum absolute atomic E-state index is 0.971. The zero-order valence-corrected chi connectivity index (χ0v) is 47.3. The van der Waals surface area contributed by atoms with Crippen molar-refractivity contribution in [2.75, 3.05) is 4.44 Å². The summed E-state index contributed by atoms with van der Waals surface area (Å²) >= 11 is 0. The summed E-state index contributed by atoms with van der Waals surface area (Å²) < 4.78 is 3.02. The Hall–Kier alpha value is -6.14. The first-order valence-electron chi connectivity index (χ1n) is 27.7. The Morgan fingerprint density at radius 3 is 0.784 bits per heavy atom. The molecule has 9 rings (SSSR count). The van der Waals surface area contributed by atoms with E-state index in [1.807, 2.05) is 0 Å². The normalized spacial score (nSPS) is 11.6. The lowest BCUT2D eigenvalue weighted by atomic mass is 10.0. The zero-order valence-electron chi connectivity index (χ0n) is 44.6. The van der Waals surface area contributed by atoms with E-state index in [1.165, 1.54) is 139 Å². The van der Waals surface area contributed by atoms with Crippen LogP contribution in [-0.4, -0.2) is 8.07 Å². The van der Waals surface area contributed by atoms with Crippen LogP contribution in [0.3, 0.4) is 0 Å². The molecule has 9 aromatic rings. The number of rotatable bonds is 23. The van der Waals surface area contributed by atoms with E-state index >= 15 is 0 Å². The topological polar surface area (TPSA) is 3.24 Å². The molecule has 74 heavy (non-hydrogen) atoms. The zero-order chi connectivity index (χ0) is 51.1. The molecule has 0 aliphatic rings. The van der Waals surface area contributed by atoms with Gasteiger partial charge in [0.15, 0.2) is 0 Å². The van der Waals surface area contributed by atoms with Crippen LogP contribution < -0.4 is 30.8 Å². The van der Waals surface area contributed by atoms with Gasteiger partial charge >= 0.3 is 0 Å². The molecule has 0 aromatic heterocycles. The number of hydrogen-bond acceptors (Lipinski definition) is 1. The lowest BCUT2D eigenvalue weighted by Gasteiger charge is -2.43. The van der Waals surface area contributed by atoms with Gasteiger partial charge in [-0.3, -0.25) is 0 Å². The molecule has 0 radical (unpaired) electrons. The molecule has 0 aliphatic heterocycles. The van der Waals surface area contributed by atoms with E-state index in [0.717, 1.165) is 12.8 Å². The third kappa shape index (κ3) is 12.2. The molecule has 9 aromatic carbocycles. The van der Waals surface area contributed by atoms with Crippen molar-refractivity contribution in [1.82, 2.24) is 0 Å². The number of anilines is 1. The average molecular weight is 1020 g/mol. The van der Waals surface area contributed by atoms with Crippen LogP contribution in [0, 0.1) is 0 Å². The highest BCUT2D eigenvalue weighted by Gasteiger charge is 2.38.